The molecule has 0 unspecified atom stereocenters. The van der Waals surface area contributed by atoms with Gasteiger partial charge in [-0.25, -0.2) is 9.79 Å². The van der Waals surface area contributed by atoms with E-state index in [0.717, 1.165) is 0 Å². The molecule has 2 aromatic carbocycles. The maximum absolute atomic E-state index is 14.0. The van der Waals surface area contributed by atoms with Gasteiger partial charge in [-0.05, 0) is 62.2 Å². The first-order chi connectivity index (χ1) is 19.7. The van der Waals surface area contributed by atoms with Gasteiger partial charge in [-0.2, -0.15) is 0 Å². The van der Waals surface area contributed by atoms with Crippen LogP contribution in [0, 0.1) is 0 Å². The Hall–Kier alpha value is -3.96. The summed E-state index contributed by atoms with van der Waals surface area (Å²) in [6, 6.07) is 5.97. The molecule has 0 saturated carbocycles. The van der Waals surface area contributed by atoms with Gasteiger partial charge in [0.2, 0.25) is 5.75 Å². The van der Waals surface area contributed by atoms with Gasteiger partial charge in [0.15, 0.2) is 27.8 Å². The molecule has 0 bridgehead atoms. The standard InChI is InChI=1S/C29H31ClN2O8S/c1-8-39-21-11-16(10-18(30)25(21)37-6)12-22-27(33)32-24(17-13-19(35-4)26(38-7)20(14-17)36-5)23(28(34)40-9-2)15(3)31-29(32)41-22/h10-14,24H,8-9H2,1-7H3/b22-12-/t24-/m1/s1. The number of benzene rings is 2. The minimum atomic E-state index is -0.875. The summed E-state index contributed by atoms with van der Waals surface area (Å²) in [5.74, 6) is 1.41. The number of allylic oxidation sites excluding steroid dienone is 1. The maximum atomic E-state index is 14.0. The van der Waals surface area contributed by atoms with Gasteiger partial charge in [0.1, 0.15) is 0 Å². The van der Waals surface area contributed by atoms with Gasteiger partial charge in [0.25, 0.3) is 5.56 Å². The first-order valence-electron chi connectivity index (χ1n) is 12.7. The molecule has 4 rings (SSSR count). The quantitative estimate of drug-likeness (QED) is 0.322. The number of carbonyl (C=O) groups excluding carboxylic acids is 1. The molecule has 1 aliphatic heterocycles. The molecule has 1 aromatic heterocycles. The normalized spacial score (nSPS) is 14.7. The van der Waals surface area contributed by atoms with E-state index in [4.69, 9.17) is 40.0 Å². The topological polar surface area (TPSA) is 107 Å². The molecule has 1 aliphatic rings. The van der Waals surface area contributed by atoms with E-state index in [1.54, 1.807) is 44.2 Å². The summed E-state index contributed by atoms with van der Waals surface area (Å²) in [5.41, 5.74) is 1.49. The van der Waals surface area contributed by atoms with E-state index in [1.165, 1.54) is 44.3 Å². The van der Waals surface area contributed by atoms with E-state index < -0.39 is 12.0 Å². The van der Waals surface area contributed by atoms with Gasteiger partial charge in [0, 0.05) is 0 Å². The highest BCUT2D eigenvalue weighted by Crippen LogP contribution is 2.42. The van der Waals surface area contributed by atoms with Gasteiger partial charge >= 0.3 is 5.97 Å². The van der Waals surface area contributed by atoms with Crippen LogP contribution in [0.3, 0.4) is 0 Å². The molecule has 12 heteroatoms. The van der Waals surface area contributed by atoms with Crippen molar-refractivity contribution in [3.05, 3.63) is 71.4 Å². The highest BCUT2D eigenvalue weighted by atomic mass is 35.5. The first-order valence-corrected chi connectivity index (χ1v) is 13.9. The third-order valence-electron chi connectivity index (χ3n) is 6.35. The Bertz CT molecular complexity index is 1670. The van der Waals surface area contributed by atoms with Crippen LogP contribution in [-0.4, -0.2) is 52.2 Å². The molecular weight excluding hydrogens is 572 g/mol. The number of rotatable bonds is 10. The van der Waals surface area contributed by atoms with Crippen LogP contribution in [0.4, 0.5) is 0 Å². The molecule has 1 atom stereocenters. The predicted molar refractivity (Wildman–Crippen MR) is 156 cm³/mol. The minimum Gasteiger partial charge on any atom is -0.493 e. The summed E-state index contributed by atoms with van der Waals surface area (Å²) in [4.78, 5) is 32.3. The zero-order chi connectivity index (χ0) is 29.8. The number of hydrogen-bond acceptors (Lipinski definition) is 10. The molecular formula is C29H31ClN2O8S. The van der Waals surface area contributed by atoms with Crippen molar-refractivity contribution in [2.75, 3.05) is 41.7 Å². The number of esters is 1. The van der Waals surface area contributed by atoms with Crippen LogP contribution < -0.4 is 38.6 Å². The lowest BCUT2D eigenvalue weighted by molar-refractivity contribution is -0.139. The molecule has 0 fully saturated rings. The third kappa shape index (κ3) is 5.64. The first kappa shape index (κ1) is 30.0. The number of aromatic nitrogens is 1. The van der Waals surface area contributed by atoms with Crippen molar-refractivity contribution in [3.8, 4) is 28.7 Å². The molecule has 0 spiro atoms. The fourth-order valence-corrected chi connectivity index (χ4v) is 5.99. The molecule has 0 radical (unpaired) electrons. The summed E-state index contributed by atoms with van der Waals surface area (Å²) in [7, 11) is 6.00. The highest BCUT2D eigenvalue weighted by Gasteiger charge is 2.34. The van der Waals surface area contributed by atoms with Crippen molar-refractivity contribution in [1.82, 2.24) is 4.57 Å². The van der Waals surface area contributed by atoms with Crippen molar-refractivity contribution in [2.24, 2.45) is 4.99 Å². The summed E-state index contributed by atoms with van der Waals surface area (Å²) in [6.45, 7) is 5.84. The number of halogens is 1. The zero-order valence-electron chi connectivity index (χ0n) is 23.8. The summed E-state index contributed by atoms with van der Waals surface area (Å²) in [5, 5.41) is 0.341. The lowest BCUT2D eigenvalue weighted by atomic mass is 9.95. The number of ether oxygens (including phenoxy) is 6. The van der Waals surface area contributed by atoms with Crippen LogP contribution in [0.5, 0.6) is 28.7 Å². The number of fused-ring (bicyclic) bond motifs is 1. The van der Waals surface area contributed by atoms with Crippen LogP contribution in [0.1, 0.15) is 37.9 Å². The van der Waals surface area contributed by atoms with E-state index in [2.05, 4.69) is 4.99 Å². The molecule has 218 valence electrons. The van der Waals surface area contributed by atoms with Crippen molar-refractivity contribution >= 4 is 35.0 Å². The Morgan fingerprint density at radius 3 is 2.20 bits per heavy atom. The second-order valence-corrected chi connectivity index (χ2v) is 10.1. The Labute approximate surface area is 246 Å². The van der Waals surface area contributed by atoms with Crippen LogP contribution in [0.15, 0.2) is 45.3 Å². The maximum Gasteiger partial charge on any atom is 0.338 e. The Kier molecular flexibility index (Phi) is 9.29. The van der Waals surface area contributed by atoms with Gasteiger partial charge in [-0.3, -0.25) is 9.36 Å². The van der Waals surface area contributed by atoms with Crippen LogP contribution in [-0.2, 0) is 9.53 Å². The van der Waals surface area contributed by atoms with Crippen LogP contribution >= 0.6 is 22.9 Å². The summed E-state index contributed by atoms with van der Waals surface area (Å²) >= 11 is 7.64. The van der Waals surface area contributed by atoms with Crippen molar-refractivity contribution in [2.45, 2.75) is 26.8 Å². The van der Waals surface area contributed by atoms with Gasteiger partial charge in [0.05, 0.1) is 68.5 Å². The van der Waals surface area contributed by atoms with Gasteiger partial charge in [-0.15, -0.1) is 0 Å². The van der Waals surface area contributed by atoms with E-state index in [1.807, 2.05) is 6.92 Å². The van der Waals surface area contributed by atoms with Crippen molar-refractivity contribution in [3.63, 3.8) is 0 Å². The fourth-order valence-electron chi connectivity index (χ4n) is 4.65. The number of nitrogens with zero attached hydrogens (tertiary/aromatic N) is 2. The van der Waals surface area contributed by atoms with E-state index in [9.17, 15) is 9.59 Å². The smallest absolute Gasteiger partial charge is 0.338 e. The monoisotopic (exact) mass is 602 g/mol. The SMILES string of the molecule is CCOC(=O)C1=C(C)N=c2s/c(=C\c3cc(Cl)c(OC)c(OCC)c3)c(=O)n2[C@@H]1c1cc(OC)c(OC)c(OC)c1. The Morgan fingerprint density at radius 2 is 1.63 bits per heavy atom. The Morgan fingerprint density at radius 1 is 0.976 bits per heavy atom. The average Bonchev–Trinajstić information content (AvgIpc) is 3.25. The summed E-state index contributed by atoms with van der Waals surface area (Å²) in [6.07, 6.45) is 1.70. The average molecular weight is 603 g/mol. The molecule has 0 saturated heterocycles. The molecule has 0 N–H and O–H groups in total. The minimum absolute atomic E-state index is 0.155. The lowest BCUT2D eigenvalue weighted by Gasteiger charge is -2.26. The van der Waals surface area contributed by atoms with E-state index >= 15 is 0 Å². The largest absolute Gasteiger partial charge is 0.493 e. The number of hydrogen-bond donors (Lipinski definition) is 0. The number of methoxy groups -OCH3 is 4. The summed E-state index contributed by atoms with van der Waals surface area (Å²) < 4.78 is 34.9. The Balaban J connectivity index is 2.00. The lowest BCUT2D eigenvalue weighted by Crippen LogP contribution is -2.40. The molecule has 2 heterocycles. The van der Waals surface area contributed by atoms with E-state index in [0.29, 0.717) is 66.5 Å². The second kappa shape index (κ2) is 12.7. The third-order valence-corrected chi connectivity index (χ3v) is 7.62. The molecule has 3 aromatic rings. The van der Waals surface area contributed by atoms with Crippen molar-refractivity contribution in [1.29, 1.82) is 0 Å². The predicted octanol–water partition coefficient (Wildman–Crippen LogP) is 3.88. The van der Waals surface area contributed by atoms with Crippen molar-refractivity contribution < 1.29 is 33.2 Å². The van der Waals surface area contributed by atoms with Crippen LogP contribution in [0.25, 0.3) is 6.08 Å². The van der Waals surface area contributed by atoms with Gasteiger partial charge in [-0.1, -0.05) is 22.9 Å². The zero-order valence-corrected chi connectivity index (χ0v) is 25.4. The fraction of sp³-hybridized carbons (Fsp3) is 0.345. The van der Waals surface area contributed by atoms with Gasteiger partial charge < -0.3 is 28.4 Å². The molecule has 0 aliphatic carbocycles. The molecule has 10 nitrogen and oxygen atoms in total. The van der Waals surface area contributed by atoms with Crippen LogP contribution in [0.2, 0.25) is 5.02 Å². The molecule has 0 amide bonds. The number of thiazole rings is 1. The number of carbonyl (C=O) groups is 1. The van der Waals surface area contributed by atoms with E-state index in [-0.39, 0.29) is 17.7 Å². The second-order valence-electron chi connectivity index (χ2n) is 8.73. The molecule has 41 heavy (non-hydrogen) atoms. The highest BCUT2D eigenvalue weighted by molar-refractivity contribution is 7.07.